The molecule has 0 aromatic carbocycles. The minimum Gasteiger partial charge on any atom is -0.453 e. The summed E-state index contributed by atoms with van der Waals surface area (Å²) in [5.74, 6) is -0.0207. The standard InChI is InChI=1S/C12H22N2O5/c1-17-7-8-19-9-11(15)14-5-3-10(4-6-14)13-12(16)18-2/h10H,3-9H2,1-2H3,(H,13,16). The SMILES string of the molecule is COCCOCC(=O)N1CCC(NC(=O)OC)CC1. The lowest BCUT2D eigenvalue weighted by Crippen LogP contribution is -2.47. The summed E-state index contributed by atoms with van der Waals surface area (Å²) in [5.41, 5.74) is 0. The summed E-state index contributed by atoms with van der Waals surface area (Å²) in [7, 11) is 2.93. The van der Waals surface area contributed by atoms with Gasteiger partial charge in [0.1, 0.15) is 6.61 Å². The highest BCUT2D eigenvalue weighted by molar-refractivity contribution is 5.77. The predicted molar refractivity (Wildman–Crippen MR) is 67.8 cm³/mol. The molecule has 0 unspecified atom stereocenters. The van der Waals surface area contributed by atoms with Crippen LogP contribution in [0.2, 0.25) is 0 Å². The first-order chi connectivity index (χ1) is 9.17. The Labute approximate surface area is 113 Å². The van der Waals surface area contributed by atoms with E-state index >= 15 is 0 Å². The number of hydrogen-bond acceptors (Lipinski definition) is 5. The van der Waals surface area contributed by atoms with Crippen molar-refractivity contribution in [1.82, 2.24) is 10.2 Å². The second-order valence-electron chi connectivity index (χ2n) is 4.34. The molecule has 7 nitrogen and oxygen atoms in total. The fourth-order valence-corrected chi connectivity index (χ4v) is 1.89. The molecule has 2 amide bonds. The Morgan fingerprint density at radius 3 is 2.47 bits per heavy atom. The van der Waals surface area contributed by atoms with Gasteiger partial charge in [0.25, 0.3) is 0 Å². The van der Waals surface area contributed by atoms with Crippen molar-refractivity contribution in [3.63, 3.8) is 0 Å². The van der Waals surface area contributed by atoms with Crippen LogP contribution < -0.4 is 5.32 Å². The number of amides is 2. The molecule has 0 radical (unpaired) electrons. The number of ether oxygens (including phenoxy) is 3. The number of piperidine rings is 1. The molecule has 7 heteroatoms. The minimum atomic E-state index is -0.423. The molecule has 1 heterocycles. The van der Waals surface area contributed by atoms with Crippen molar-refractivity contribution in [3.8, 4) is 0 Å². The highest BCUT2D eigenvalue weighted by Crippen LogP contribution is 2.10. The quantitative estimate of drug-likeness (QED) is 0.690. The van der Waals surface area contributed by atoms with Crippen molar-refractivity contribution in [2.75, 3.05) is 47.1 Å². The molecule has 1 saturated heterocycles. The van der Waals surface area contributed by atoms with Gasteiger partial charge in [-0.2, -0.15) is 0 Å². The summed E-state index contributed by atoms with van der Waals surface area (Å²) in [5, 5.41) is 2.74. The third-order valence-electron chi connectivity index (χ3n) is 3.01. The number of nitrogens with zero attached hydrogens (tertiary/aromatic N) is 1. The van der Waals surface area contributed by atoms with Crippen LogP contribution in [0.5, 0.6) is 0 Å². The third kappa shape index (κ3) is 5.89. The molecule has 0 bridgehead atoms. The van der Waals surface area contributed by atoms with Crippen molar-refractivity contribution in [1.29, 1.82) is 0 Å². The Kier molecular flexibility index (Phi) is 7.20. The Balaban J connectivity index is 2.18. The summed E-state index contributed by atoms with van der Waals surface area (Å²) in [6.07, 6.45) is 1.05. The summed E-state index contributed by atoms with van der Waals surface area (Å²) >= 11 is 0. The van der Waals surface area contributed by atoms with Gasteiger partial charge in [-0.3, -0.25) is 4.79 Å². The van der Waals surface area contributed by atoms with Crippen LogP contribution in [-0.4, -0.2) is 70.1 Å². The smallest absolute Gasteiger partial charge is 0.407 e. The first-order valence-corrected chi connectivity index (χ1v) is 6.36. The third-order valence-corrected chi connectivity index (χ3v) is 3.01. The number of alkyl carbamates (subject to hydrolysis) is 1. The molecule has 1 aliphatic rings. The van der Waals surface area contributed by atoms with Crippen LogP contribution in [0, 0.1) is 0 Å². The number of carbonyl (C=O) groups excluding carboxylic acids is 2. The van der Waals surface area contributed by atoms with E-state index in [2.05, 4.69) is 10.1 Å². The van der Waals surface area contributed by atoms with E-state index in [0.717, 1.165) is 12.8 Å². The molecular formula is C12H22N2O5. The molecule has 19 heavy (non-hydrogen) atoms. The number of hydrogen-bond donors (Lipinski definition) is 1. The van der Waals surface area contributed by atoms with Crippen molar-refractivity contribution < 1.29 is 23.8 Å². The largest absolute Gasteiger partial charge is 0.453 e. The lowest BCUT2D eigenvalue weighted by Gasteiger charge is -2.32. The Bertz CT molecular complexity index is 290. The van der Waals surface area contributed by atoms with E-state index in [1.807, 2.05) is 0 Å². The highest BCUT2D eigenvalue weighted by Gasteiger charge is 2.23. The fourth-order valence-electron chi connectivity index (χ4n) is 1.89. The summed E-state index contributed by atoms with van der Waals surface area (Å²) in [4.78, 5) is 24.6. The lowest BCUT2D eigenvalue weighted by molar-refractivity contribution is -0.137. The number of carbonyl (C=O) groups is 2. The van der Waals surface area contributed by atoms with Gasteiger partial charge in [0.2, 0.25) is 5.91 Å². The Morgan fingerprint density at radius 1 is 1.21 bits per heavy atom. The monoisotopic (exact) mass is 274 g/mol. The van der Waals surface area contributed by atoms with Gasteiger partial charge >= 0.3 is 6.09 Å². The van der Waals surface area contributed by atoms with E-state index in [-0.39, 0.29) is 18.6 Å². The zero-order valence-electron chi connectivity index (χ0n) is 11.5. The molecular weight excluding hydrogens is 252 g/mol. The summed E-state index contributed by atoms with van der Waals surface area (Å²) < 4.78 is 14.6. The van der Waals surface area contributed by atoms with Crippen LogP contribution in [0.15, 0.2) is 0 Å². The summed E-state index contributed by atoms with van der Waals surface area (Å²) in [6, 6.07) is 0.0749. The molecule has 1 N–H and O–H groups in total. The minimum absolute atomic E-state index is 0.0207. The average Bonchev–Trinajstić information content (AvgIpc) is 2.44. The van der Waals surface area contributed by atoms with Crippen molar-refractivity contribution in [2.45, 2.75) is 18.9 Å². The molecule has 0 aromatic heterocycles. The second-order valence-corrected chi connectivity index (χ2v) is 4.34. The molecule has 0 aliphatic carbocycles. The first kappa shape index (κ1) is 15.7. The molecule has 0 saturated carbocycles. The predicted octanol–water partition coefficient (Wildman–Crippen LogP) is -0.00360. The molecule has 0 spiro atoms. The normalized spacial score (nSPS) is 16.2. The number of rotatable bonds is 6. The van der Waals surface area contributed by atoms with Gasteiger partial charge in [0.15, 0.2) is 0 Å². The van der Waals surface area contributed by atoms with Crippen LogP contribution >= 0.6 is 0 Å². The van der Waals surface area contributed by atoms with Gasteiger partial charge in [-0.15, -0.1) is 0 Å². The topological polar surface area (TPSA) is 77.1 Å². The zero-order valence-corrected chi connectivity index (χ0v) is 11.5. The Hall–Kier alpha value is -1.34. The first-order valence-electron chi connectivity index (χ1n) is 6.36. The van der Waals surface area contributed by atoms with E-state index in [4.69, 9.17) is 9.47 Å². The molecule has 1 rings (SSSR count). The van der Waals surface area contributed by atoms with E-state index < -0.39 is 6.09 Å². The van der Waals surface area contributed by atoms with Crippen LogP contribution in [0.1, 0.15) is 12.8 Å². The molecule has 1 aliphatic heterocycles. The van der Waals surface area contributed by atoms with Crippen LogP contribution in [-0.2, 0) is 19.0 Å². The molecule has 0 atom stereocenters. The zero-order chi connectivity index (χ0) is 14.1. The van der Waals surface area contributed by atoms with Gasteiger partial charge in [0, 0.05) is 26.2 Å². The van der Waals surface area contributed by atoms with Crippen molar-refractivity contribution >= 4 is 12.0 Å². The van der Waals surface area contributed by atoms with E-state index in [1.165, 1.54) is 7.11 Å². The maximum atomic E-state index is 11.8. The second kappa shape index (κ2) is 8.71. The maximum Gasteiger partial charge on any atom is 0.407 e. The van der Waals surface area contributed by atoms with Crippen molar-refractivity contribution in [2.24, 2.45) is 0 Å². The van der Waals surface area contributed by atoms with E-state index in [0.29, 0.717) is 26.3 Å². The number of likely N-dealkylation sites (tertiary alicyclic amines) is 1. The van der Waals surface area contributed by atoms with Crippen LogP contribution in [0.4, 0.5) is 4.79 Å². The fraction of sp³-hybridized carbons (Fsp3) is 0.833. The van der Waals surface area contributed by atoms with E-state index in [9.17, 15) is 9.59 Å². The van der Waals surface area contributed by atoms with Crippen molar-refractivity contribution in [3.05, 3.63) is 0 Å². The highest BCUT2D eigenvalue weighted by atomic mass is 16.5. The van der Waals surface area contributed by atoms with Crippen LogP contribution in [0.3, 0.4) is 0 Å². The van der Waals surface area contributed by atoms with Gasteiger partial charge in [-0.25, -0.2) is 4.79 Å². The van der Waals surface area contributed by atoms with Gasteiger partial charge < -0.3 is 24.4 Å². The van der Waals surface area contributed by atoms with Crippen LogP contribution in [0.25, 0.3) is 0 Å². The van der Waals surface area contributed by atoms with Gasteiger partial charge in [0.05, 0.1) is 20.3 Å². The lowest BCUT2D eigenvalue weighted by atomic mass is 10.1. The molecule has 1 fully saturated rings. The molecule has 0 aromatic rings. The average molecular weight is 274 g/mol. The Morgan fingerprint density at radius 2 is 1.89 bits per heavy atom. The number of methoxy groups -OCH3 is 2. The van der Waals surface area contributed by atoms with Gasteiger partial charge in [-0.1, -0.05) is 0 Å². The summed E-state index contributed by atoms with van der Waals surface area (Å²) in [6.45, 7) is 2.24. The molecule has 110 valence electrons. The maximum absolute atomic E-state index is 11.8. The van der Waals surface area contributed by atoms with Gasteiger partial charge in [-0.05, 0) is 12.8 Å². The van der Waals surface area contributed by atoms with E-state index in [1.54, 1.807) is 12.0 Å². The number of nitrogens with one attached hydrogen (secondary N) is 1.